The van der Waals surface area contributed by atoms with Gasteiger partial charge in [0.15, 0.2) is 5.70 Å². The zero-order valence-electron chi connectivity index (χ0n) is 14.0. The second kappa shape index (κ2) is 7.13. The zero-order valence-corrected chi connectivity index (χ0v) is 14.0. The Hall–Kier alpha value is -3.21. The Morgan fingerprint density at radius 2 is 1.88 bits per heavy atom. The second-order valence-electron chi connectivity index (χ2n) is 5.57. The molecule has 2 aromatic rings. The molecule has 0 radical (unpaired) electrons. The third-order valence-electron chi connectivity index (χ3n) is 3.64. The minimum Gasteiger partial charge on any atom is -0.426 e. The van der Waals surface area contributed by atoms with Crippen LogP contribution in [0.4, 0.5) is 0 Å². The van der Waals surface area contributed by atoms with Gasteiger partial charge < -0.3 is 9.47 Å². The molecule has 5 heteroatoms. The standard InChI is InChI=1S/C20H17NO4/c1-3-18(22)24-17-7-5-4-6-15(17)12-16-20(23)25-19(21-16)14-10-8-13(2)9-11-14/h4-12H,3H2,1-2H3/b16-12-. The number of esters is 2. The van der Waals surface area contributed by atoms with E-state index in [0.29, 0.717) is 11.3 Å². The summed E-state index contributed by atoms with van der Waals surface area (Å²) in [5, 5.41) is 0. The zero-order chi connectivity index (χ0) is 17.8. The molecule has 0 aliphatic carbocycles. The van der Waals surface area contributed by atoms with Crippen LogP contribution in [0, 0.1) is 6.92 Å². The summed E-state index contributed by atoms with van der Waals surface area (Å²) >= 11 is 0. The van der Waals surface area contributed by atoms with Gasteiger partial charge in [0.2, 0.25) is 5.90 Å². The van der Waals surface area contributed by atoms with Gasteiger partial charge in [0.1, 0.15) is 5.75 Å². The van der Waals surface area contributed by atoms with Gasteiger partial charge in [0.05, 0.1) is 0 Å². The first kappa shape index (κ1) is 16.6. The van der Waals surface area contributed by atoms with Gasteiger partial charge in [-0.1, -0.05) is 42.8 Å². The fraction of sp³-hybridized carbons (Fsp3) is 0.150. The van der Waals surface area contributed by atoms with Crippen molar-refractivity contribution in [2.75, 3.05) is 0 Å². The molecule has 0 unspecified atom stereocenters. The number of benzene rings is 2. The molecule has 3 rings (SSSR count). The van der Waals surface area contributed by atoms with Crippen molar-refractivity contribution in [3.63, 3.8) is 0 Å². The van der Waals surface area contributed by atoms with Crippen LogP contribution < -0.4 is 4.74 Å². The highest BCUT2D eigenvalue weighted by molar-refractivity contribution is 6.13. The number of carbonyl (C=O) groups excluding carboxylic acids is 2. The lowest BCUT2D eigenvalue weighted by atomic mass is 10.1. The van der Waals surface area contributed by atoms with Crippen molar-refractivity contribution in [2.24, 2.45) is 4.99 Å². The lowest BCUT2D eigenvalue weighted by Crippen LogP contribution is -2.07. The predicted molar refractivity (Wildman–Crippen MR) is 94.2 cm³/mol. The van der Waals surface area contributed by atoms with Gasteiger partial charge in [-0.25, -0.2) is 9.79 Å². The lowest BCUT2D eigenvalue weighted by molar-refractivity contribution is -0.134. The van der Waals surface area contributed by atoms with Crippen LogP contribution in [0.25, 0.3) is 6.08 Å². The number of nitrogens with zero attached hydrogens (tertiary/aromatic N) is 1. The molecule has 0 fully saturated rings. The normalized spacial score (nSPS) is 15.0. The fourth-order valence-corrected chi connectivity index (χ4v) is 2.26. The van der Waals surface area contributed by atoms with Crippen molar-refractivity contribution >= 4 is 23.9 Å². The van der Waals surface area contributed by atoms with Gasteiger partial charge >= 0.3 is 11.9 Å². The number of rotatable bonds is 4. The fourth-order valence-electron chi connectivity index (χ4n) is 2.26. The topological polar surface area (TPSA) is 65.0 Å². The third-order valence-corrected chi connectivity index (χ3v) is 3.64. The first-order valence-corrected chi connectivity index (χ1v) is 7.96. The monoisotopic (exact) mass is 335 g/mol. The van der Waals surface area contributed by atoms with E-state index in [1.165, 1.54) is 0 Å². The van der Waals surface area contributed by atoms with Gasteiger partial charge in [-0.3, -0.25) is 4.79 Å². The number of hydrogen-bond donors (Lipinski definition) is 0. The van der Waals surface area contributed by atoms with E-state index in [0.717, 1.165) is 11.1 Å². The van der Waals surface area contributed by atoms with Crippen LogP contribution in [-0.4, -0.2) is 17.8 Å². The summed E-state index contributed by atoms with van der Waals surface area (Å²) < 4.78 is 10.5. The van der Waals surface area contributed by atoms with Crippen LogP contribution in [-0.2, 0) is 14.3 Å². The molecule has 1 aliphatic rings. The Morgan fingerprint density at radius 3 is 2.60 bits per heavy atom. The first-order chi connectivity index (χ1) is 12.1. The molecule has 0 spiro atoms. The third kappa shape index (κ3) is 3.83. The summed E-state index contributed by atoms with van der Waals surface area (Å²) in [6.07, 6.45) is 1.82. The number of para-hydroxylation sites is 1. The summed E-state index contributed by atoms with van der Waals surface area (Å²) in [5.74, 6) is -0.233. The number of aryl methyl sites for hydroxylation is 1. The average molecular weight is 335 g/mol. The Kier molecular flexibility index (Phi) is 4.75. The minimum atomic E-state index is -0.535. The highest BCUT2D eigenvalue weighted by Gasteiger charge is 2.24. The average Bonchev–Trinajstić information content (AvgIpc) is 2.98. The number of carbonyl (C=O) groups is 2. The van der Waals surface area contributed by atoms with E-state index in [-0.39, 0.29) is 24.0 Å². The Labute approximate surface area is 145 Å². The number of aliphatic imine (C=N–C) groups is 1. The maximum atomic E-state index is 12.1. The van der Waals surface area contributed by atoms with Gasteiger partial charge in [-0.2, -0.15) is 0 Å². The smallest absolute Gasteiger partial charge is 0.363 e. The molecule has 1 aliphatic heterocycles. The molecule has 1 heterocycles. The summed E-state index contributed by atoms with van der Waals surface area (Å²) in [5.41, 5.74) is 2.59. The highest BCUT2D eigenvalue weighted by atomic mass is 16.6. The molecule has 25 heavy (non-hydrogen) atoms. The van der Waals surface area contributed by atoms with E-state index in [1.807, 2.05) is 31.2 Å². The maximum absolute atomic E-state index is 12.1. The van der Waals surface area contributed by atoms with Gasteiger partial charge in [0.25, 0.3) is 0 Å². The Morgan fingerprint density at radius 1 is 1.16 bits per heavy atom. The van der Waals surface area contributed by atoms with Gasteiger partial charge in [-0.15, -0.1) is 0 Å². The quantitative estimate of drug-likeness (QED) is 0.486. The number of cyclic esters (lactones) is 1. The van der Waals surface area contributed by atoms with E-state index in [4.69, 9.17) is 9.47 Å². The molecule has 0 amide bonds. The summed E-state index contributed by atoms with van der Waals surface area (Å²) in [4.78, 5) is 27.9. The van der Waals surface area contributed by atoms with Crippen molar-refractivity contribution < 1.29 is 19.1 Å². The van der Waals surface area contributed by atoms with Crippen LogP contribution in [0.5, 0.6) is 5.75 Å². The van der Waals surface area contributed by atoms with Crippen LogP contribution in [0.3, 0.4) is 0 Å². The van der Waals surface area contributed by atoms with Gasteiger partial charge in [-0.05, 0) is 31.2 Å². The predicted octanol–water partition coefficient (Wildman–Crippen LogP) is 3.65. The van der Waals surface area contributed by atoms with E-state index >= 15 is 0 Å². The number of ether oxygens (including phenoxy) is 2. The van der Waals surface area contributed by atoms with Gasteiger partial charge in [0, 0.05) is 17.5 Å². The molecular weight excluding hydrogens is 318 g/mol. The largest absolute Gasteiger partial charge is 0.426 e. The molecule has 2 aromatic carbocycles. The van der Waals surface area contributed by atoms with E-state index < -0.39 is 5.97 Å². The van der Waals surface area contributed by atoms with Crippen LogP contribution >= 0.6 is 0 Å². The molecule has 126 valence electrons. The van der Waals surface area contributed by atoms with E-state index in [9.17, 15) is 9.59 Å². The Balaban J connectivity index is 1.92. The number of hydrogen-bond acceptors (Lipinski definition) is 5. The Bertz CT molecular complexity index is 879. The van der Waals surface area contributed by atoms with E-state index in [2.05, 4.69) is 4.99 Å². The highest BCUT2D eigenvalue weighted by Crippen LogP contribution is 2.25. The summed E-state index contributed by atoms with van der Waals surface area (Å²) in [7, 11) is 0. The second-order valence-corrected chi connectivity index (χ2v) is 5.57. The van der Waals surface area contributed by atoms with Crippen LogP contribution in [0.15, 0.2) is 59.2 Å². The van der Waals surface area contributed by atoms with Crippen LogP contribution in [0.1, 0.15) is 30.0 Å². The molecule has 0 N–H and O–H groups in total. The lowest BCUT2D eigenvalue weighted by Gasteiger charge is -2.06. The summed E-state index contributed by atoms with van der Waals surface area (Å²) in [6.45, 7) is 3.70. The van der Waals surface area contributed by atoms with Crippen molar-refractivity contribution in [1.29, 1.82) is 0 Å². The van der Waals surface area contributed by atoms with Crippen molar-refractivity contribution in [3.05, 3.63) is 70.9 Å². The van der Waals surface area contributed by atoms with Crippen molar-refractivity contribution in [2.45, 2.75) is 20.3 Å². The molecular formula is C20H17NO4. The molecule has 5 nitrogen and oxygen atoms in total. The molecule has 0 saturated carbocycles. The van der Waals surface area contributed by atoms with Crippen molar-refractivity contribution in [1.82, 2.24) is 0 Å². The van der Waals surface area contributed by atoms with Crippen LogP contribution in [0.2, 0.25) is 0 Å². The summed E-state index contributed by atoms with van der Waals surface area (Å²) in [6, 6.07) is 14.5. The SMILES string of the molecule is CCC(=O)Oc1ccccc1/C=C1\N=C(c2ccc(C)cc2)OC1=O. The minimum absolute atomic E-state index is 0.163. The molecule has 0 aromatic heterocycles. The first-order valence-electron chi connectivity index (χ1n) is 7.96. The van der Waals surface area contributed by atoms with E-state index in [1.54, 1.807) is 37.3 Å². The van der Waals surface area contributed by atoms with Crippen molar-refractivity contribution in [3.8, 4) is 5.75 Å². The molecule has 0 atom stereocenters. The molecule has 0 saturated heterocycles. The maximum Gasteiger partial charge on any atom is 0.363 e. The molecule has 0 bridgehead atoms.